The minimum Gasteiger partial charge on any atom is -0.476 e. The van der Waals surface area contributed by atoms with Crippen molar-refractivity contribution in [3.63, 3.8) is 0 Å². The fourth-order valence-electron chi connectivity index (χ4n) is 1.50. The third kappa shape index (κ3) is 1.65. The highest BCUT2D eigenvalue weighted by Crippen LogP contribution is 2.14. The Bertz CT molecular complexity index is 694. The van der Waals surface area contributed by atoms with E-state index in [4.69, 9.17) is 5.11 Å². The molecular formula is C10H6F2N2O3. The molecule has 1 heterocycles. The fourth-order valence-corrected chi connectivity index (χ4v) is 1.50. The van der Waals surface area contributed by atoms with Crippen molar-refractivity contribution in [2.75, 3.05) is 0 Å². The number of carboxylic acids is 1. The highest BCUT2D eigenvalue weighted by atomic mass is 19.2. The number of rotatable bonds is 1. The number of carboxylic acid groups (broad SMARTS) is 1. The maximum Gasteiger partial charge on any atom is 0.360 e. The molecule has 7 heteroatoms. The van der Waals surface area contributed by atoms with Crippen LogP contribution in [0.2, 0.25) is 0 Å². The van der Waals surface area contributed by atoms with Gasteiger partial charge in [-0.3, -0.25) is 9.48 Å². The summed E-state index contributed by atoms with van der Waals surface area (Å²) in [5, 5.41) is 12.0. The van der Waals surface area contributed by atoms with E-state index < -0.39 is 28.7 Å². The van der Waals surface area contributed by atoms with E-state index in [0.717, 1.165) is 10.7 Å². The number of fused-ring (bicyclic) bond motifs is 1. The Morgan fingerprint density at radius 1 is 1.35 bits per heavy atom. The van der Waals surface area contributed by atoms with Gasteiger partial charge >= 0.3 is 5.97 Å². The van der Waals surface area contributed by atoms with E-state index in [1.165, 1.54) is 7.05 Å². The Hall–Kier alpha value is -2.31. The quantitative estimate of drug-likeness (QED) is 0.804. The zero-order valence-corrected chi connectivity index (χ0v) is 8.57. The van der Waals surface area contributed by atoms with Gasteiger partial charge in [0.15, 0.2) is 11.6 Å². The van der Waals surface area contributed by atoms with Crippen molar-refractivity contribution < 1.29 is 18.7 Å². The molecule has 2 rings (SSSR count). The topological polar surface area (TPSA) is 72.2 Å². The highest BCUT2D eigenvalue weighted by Gasteiger charge is 2.17. The molecule has 0 atom stereocenters. The monoisotopic (exact) mass is 240 g/mol. The summed E-state index contributed by atoms with van der Waals surface area (Å²) in [7, 11) is 1.34. The average Bonchev–Trinajstić information content (AvgIpc) is 2.25. The summed E-state index contributed by atoms with van der Waals surface area (Å²) in [5.41, 5.74) is -1.64. The second-order valence-corrected chi connectivity index (χ2v) is 3.39. The molecule has 0 saturated carbocycles. The zero-order chi connectivity index (χ0) is 12.7. The second kappa shape index (κ2) is 3.62. The number of hydrogen-bond acceptors (Lipinski definition) is 3. The van der Waals surface area contributed by atoms with Crippen LogP contribution in [0.15, 0.2) is 16.9 Å². The van der Waals surface area contributed by atoms with Crippen LogP contribution < -0.4 is 5.43 Å². The first kappa shape index (κ1) is 11.2. The Morgan fingerprint density at radius 3 is 2.53 bits per heavy atom. The molecular weight excluding hydrogens is 234 g/mol. The number of aryl methyl sites for hydroxylation is 1. The summed E-state index contributed by atoms with van der Waals surface area (Å²) in [6, 6.07) is 1.46. The summed E-state index contributed by atoms with van der Waals surface area (Å²) >= 11 is 0. The molecule has 88 valence electrons. The van der Waals surface area contributed by atoms with E-state index >= 15 is 0 Å². The van der Waals surface area contributed by atoms with Crippen LogP contribution in [-0.4, -0.2) is 20.9 Å². The Kier molecular flexibility index (Phi) is 2.38. The van der Waals surface area contributed by atoms with Gasteiger partial charge in [-0.15, -0.1) is 0 Å². The number of carbonyl (C=O) groups is 1. The van der Waals surface area contributed by atoms with Gasteiger partial charge in [0.05, 0.1) is 10.9 Å². The summed E-state index contributed by atoms with van der Waals surface area (Å²) in [5.74, 6) is -3.85. The number of nitrogens with zero attached hydrogens (tertiary/aromatic N) is 2. The number of halogens is 2. The average molecular weight is 240 g/mol. The molecule has 0 fully saturated rings. The molecule has 17 heavy (non-hydrogen) atoms. The van der Waals surface area contributed by atoms with E-state index in [-0.39, 0.29) is 10.9 Å². The van der Waals surface area contributed by atoms with Gasteiger partial charge in [-0.2, -0.15) is 5.10 Å². The van der Waals surface area contributed by atoms with Crippen LogP contribution in [0.25, 0.3) is 10.9 Å². The molecule has 5 nitrogen and oxygen atoms in total. The van der Waals surface area contributed by atoms with Crippen molar-refractivity contribution in [2.45, 2.75) is 0 Å². The van der Waals surface area contributed by atoms with E-state index in [9.17, 15) is 18.4 Å². The SMILES string of the molecule is Cn1nc(C(=O)O)c(=O)c2cc(F)c(F)cc21. The molecule has 2 aromatic rings. The molecule has 0 aliphatic carbocycles. The maximum absolute atomic E-state index is 13.0. The first-order chi connectivity index (χ1) is 7.91. The highest BCUT2D eigenvalue weighted by molar-refractivity contribution is 5.90. The lowest BCUT2D eigenvalue weighted by molar-refractivity contribution is 0.0687. The van der Waals surface area contributed by atoms with E-state index in [1.54, 1.807) is 0 Å². The molecule has 1 aromatic carbocycles. The minimum absolute atomic E-state index is 0.0268. The van der Waals surface area contributed by atoms with Gasteiger partial charge in [-0.25, -0.2) is 13.6 Å². The second-order valence-electron chi connectivity index (χ2n) is 3.39. The number of benzene rings is 1. The zero-order valence-electron chi connectivity index (χ0n) is 8.57. The maximum atomic E-state index is 13.0. The number of hydrogen-bond donors (Lipinski definition) is 1. The Morgan fingerprint density at radius 2 is 1.94 bits per heavy atom. The number of aromatic nitrogens is 2. The predicted octanol–water partition coefficient (Wildman–Crippen LogP) is 0.910. The largest absolute Gasteiger partial charge is 0.476 e. The molecule has 0 saturated heterocycles. The Balaban J connectivity index is 2.99. The van der Waals surface area contributed by atoms with Crippen molar-refractivity contribution in [3.05, 3.63) is 39.7 Å². The lowest BCUT2D eigenvalue weighted by atomic mass is 10.2. The van der Waals surface area contributed by atoms with Crippen molar-refractivity contribution in [1.82, 2.24) is 9.78 Å². The van der Waals surface area contributed by atoms with E-state index in [2.05, 4.69) is 5.10 Å². The van der Waals surface area contributed by atoms with Crippen LogP contribution >= 0.6 is 0 Å². The van der Waals surface area contributed by atoms with Crippen molar-refractivity contribution in [3.8, 4) is 0 Å². The summed E-state index contributed by atoms with van der Waals surface area (Å²) < 4.78 is 27.0. The first-order valence-electron chi connectivity index (χ1n) is 4.51. The van der Waals surface area contributed by atoms with Gasteiger partial charge < -0.3 is 5.11 Å². The number of aromatic carboxylic acids is 1. The van der Waals surface area contributed by atoms with Crippen LogP contribution in [0.4, 0.5) is 8.78 Å². The summed E-state index contributed by atoms with van der Waals surface area (Å²) in [4.78, 5) is 22.4. The lowest BCUT2D eigenvalue weighted by Gasteiger charge is -2.05. The lowest BCUT2D eigenvalue weighted by Crippen LogP contribution is -2.22. The van der Waals surface area contributed by atoms with Crippen LogP contribution in [0, 0.1) is 11.6 Å². The van der Waals surface area contributed by atoms with Crippen LogP contribution in [0.1, 0.15) is 10.5 Å². The molecule has 0 unspecified atom stereocenters. The fraction of sp³-hybridized carbons (Fsp3) is 0.100. The molecule has 1 N–H and O–H groups in total. The van der Waals surface area contributed by atoms with Gasteiger partial charge in [0, 0.05) is 13.1 Å². The van der Waals surface area contributed by atoms with Crippen molar-refractivity contribution in [1.29, 1.82) is 0 Å². The molecule has 0 spiro atoms. The molecule has 1 aromatic heterocycles. The van der Waals surface area contributed by atoms with Crippen LogP contribution in [-0.2, 0) is 7.05 Å². The molecule has 0 amide bonds. The van der Waals surface area contributed by atoms with Gasteiger partial charge in [-0.05, 0) is 6.07 Å². The Labute approximate surface area is 92.9 Å². The van der Waals surface area contributed by atoms with Gasteiger partial charge in [-0.1, -0.05) is 0 Å². The third-order valence-electron chi connectivity index (χ3n) is 2.30. The normalized spacial score (nSPS) is 10.8. The first-order valence-corrected chi connectivity index (χ1v) is 4.51. The molecule has 0 aliphatic heterocycles. The van der Waals surface area contributed by atoms with Crippen molar-refractivity contribution >= 4 is 16.9 Å². The third-order valence-corrected chi connectivity index (χ3v) is 2.30. The van der Waals surface area contributed by atoms with E-state index in [1.807, 2.05) is 0 Å². The molecule has 0 radical (unpaired) electrons. The van der Waals surface area contributed by atoms with Crippen molar-refractivity contribution in [2.24, 2.45) is 7.05 Å². The van der Waals surface area contributed by atoms with Gasteiger partial charge in [0.1, 0.15) is 0 Å². The van der Waals surface area contributed by atoms with Crippen LogP contribution in [0.5, 0.6) is 0 Å². The van der Waals surface area contributed by atoms with Gasteiger partial charge in [0.25, 0.3) is 0 Å². The summed E-state index contributed by atoms with van der Waals surface area (Å²) in [6.07, 6.45) is 0. The van der Waals surface area contributed by atoms with Gasteiger partial charge in [0.2, 0.25) is 11.1 Å². The smallest absolute Gasteiger partial charge is 0.360 e. The summed E-state index contributed by atoms with van der Waals surface area (Å²) in [6.45, 7) is 0. The predicted molar refractivity (Wildman–Crippen MR) is 53.9 cm³/mol. The molecule has 0 bridgehead atoms. The standard InChI is InChI=1S/C10H6F2N2O3/c1-14-7-3-6(12)5(11)2-4(7)9(15)8(13-14)10(16)17/h2-3H,1H3,(H,16,17). The minimum atomic E-state index is -1.52. The van der Waals surface area contributed by atoms with Crippen LogP contribution in [0.3, 0.4) is 0 Å². The van der Waals surface area contributed by atoms with E-state index in [0.29, 0.717) is 6.07 Å². The molecule has 0 aliphatic rings.